The van der Waals surface area contributed by atoms with Crippen LogP contribution in [0.2, 0.25) is 0 Å². The number of imide groups is 1. The van der Waals surface area contributed by atoms with Crippen LogP contribution in [-0.2, 0) is 17.9 Å². The van der Waals surface area contributed by atoms with Gasteiger partial charge in [-0.2, -0.15) is 0 Å². The molecule has 2 amide bonds. The number of carbonyl (C=O) groups excluding carboxylic acids is 2. The van der Waals surface area contributed by atoms with Gasteiger partial charge in [0.15, 0.2) is 0 Å². The van der Waals surface area contributed by atoms with Crippen molar-refractivity contribution in [3.8, 4) is 0 Å². The molecule has 0 saturated carbocycles. The quantitative estimate of drug-likeness (QED) is 0.576. The summed E-state index contributed by atoms with van der Waals surface area (Å²) >= 11 is 0. The summed E-state index contributed by atoms with van der Waals surface area (Å²) in [4.78, 5) is 27.7. The third-order valence-electron chi connectivity index (χ3n) is 3.77. The summed E-state index contributed by atoms with van der Waals surface area (Å²) in [7, 11) is 3.95. The molecule has 0 bridgehead atoms. The molecule has 1 aromatic carbocycles. The van der Waals surface area contributed by atoms with Gasteiger partial charge in [-0.1, -0.05) is 12.1 Å². The molecule has 1 aliphatic rings. The maximum Gasteiger partial charge on any atom is 0.261 e. The van der Waals surface area contributed by atoms with Gasteiger partial charge in [0.1, 0.15) is 18.1 Å². The molecule has 0 fully saturated rings. The Labute approximate surface area is 140 Å². The second-order valence-electron chi connectivity index (χ2n) is 5.97. The van der Waals surface area contributed by atoms with Crippen LogP contribution in [0.3, 0.4) is 0 Å². The zero-order chi connectivity index (χ0) is 17.1. The fourth-order valence-electron chi connectivity index (χ4n) is 2.67. The van der Waals surface area contributed by atoms with Crippen molar-refractivity contribution in [3.05, 3.63) is 59.0 Å². The fourth-order valence-corrected chi connectivity index (χ4v) is 2.67. The van der Waals surface area contributed by atoms with Crippen molar-refractivity contribution in [1.29, 1.82) is 0 Å². The van der Waals surface area contributed by atoms with E-state index in [1.807, 2.05) is 31.1 Å². The lowest BCUT2D eigenvalue weighted by Crippen LogP contribution is -2.32. The number of furan rings is 1. The van der Waals surface area contributed by atoms with E-state index in [9.17, 15) is 9.59 Å². The Morgan fingerprint density at radius 3 is 2.25 bits per heavy atom. The average Bonchev–Trinajstić information content (AvgIpc) is 3.09. The molecule has 126 valence electrons. The van der Waals surface area contributed by atoms with Gasteiger partial charge in [0.05, 0.1) is 30.8 Å². The summed E-state index contributed by atoms with van der Waals surface area (Å²) in [5, 5.41) is 0. The van der Waals surface area contributed by atoms with Gasteiger partial charge in [-0.15, -0.1) is 0 Å². The van der Waals surface area contributed by atoms with Gasteiger partial charge in [0.25, 0.3) is 11.8 Å². The zero-order valence-corrected chi connectivity index (χ0v) is 13.8. The molecular weight excluding hydrogens is 308 g/mol. The first-order chi connectivity index (χ1) is 11.6. The molecule has 2 aromatic rings. The Kier molecular flexibility index (Phi) is 4.78. The van der Waals surface area contributed by atoms with Crippen molar-refractivity contribution >= 4 is 11.8 Å². The first-order valence-electron chi connectivity index (χ1n) is 7.81. The van der Waals surface area contributed by atoms with Crippen LogP contribution < -0.4 is 0 Å². The molecule has 24 heavy (non-hydrogen) atoms. The molecule has 6 nitrogen and oxygen atoms in total. The molecule has 2 heterocycles. The lowest BCUT2D eigenvalue weighted by molar-refractivity contribution is 0.0524. The third kappa shape index (κ3) is 3.39. The lowest BCUT2D eigenvalue weighted by atomic mass is 10.1. The fraction of sp³-hybridized carbons (Fsp3) is 0.333. The summed E-state index contributed by atoms with van der Waals surface area (Å²) < 4.78 is 11.2. The Hall–Kier alpha value is -2.44. The van der Waals surface area contributed by atoms with Gasteiger partial charge >= 0.3 is 0 Å². The van der Waals surface area contributed by atoms with Gasteiger partial charge in [0.2, 0.25) is 0 Å². The number of ether oxygens (including phenoxy) is 1. The number of hydrogen-bond donors (Lipinski definition) is 0. The van der Waals surface area contributed by atoms with E-state index in [-0.39, 0.29) is 25.0 Å². The van der Waals surface area contributed by atoms with E-state index in [4.69, 9.17) is 9.15 Å². The highest BCUT2D eigenvalue weighted by Gasteiger charge is 2.34. The van der Waals surface area contributed by atoms with Gasteiger partial charge in [-0.25, -0.2) is 0 Å². The van der Waals surface area contributed by atoms with E-state index >= 15 is 0 Å². The molecule has 3 rings (SSSR count). The first kappa shape index (κ1) is 16.4. The monoisotopic (exact) mass is 328 g/mol. The largest absolute Gasteiger partial charge is 0.462 e. The Bertz CT molecular complexity index is 716. The second-order valence-corrected chi connectivity index (χ2v) is 5.97. The topological polar surface area (TPSA) is 63.0 Å². The normalized spacial score (nSPS) is 13.9. The van der Waals surface area contributed by atoms with Crippen molar-refractivity contribution in [2.45, 2.75) is 13.2 Å². The van der Waals surface area contributed by atoms with Gasteiger partial charge in [-0.3, -0.25) is 14.5 Å². The van der Waals surface area contributed by atoms with Crippen molar-refractivity contribution in [3.63, 3.8) is 0 Å². The zero-order valence-electron chi connectivity index (χ0n) is 13.8. The second kappa shape index (κ2) is 6.98. The summed E-state index contributed by atoms with van der Waals surface area (Å²) in [5.41, 5.74) is 0.920. The predicted octanol–water partition coefficient (Wildman–Crippen LogP) is 2.15. The Morgan fingerprint density at radius 2 is 1.62 bits per heavy atom. The van der Waals surface area contributed by atoms with Crippen molar-refractivity contribution in [2.75, 3.05) is 27.2 Å². The summed E-state index contributed by atoms with van der Waals surface area (Å²) in [6.45, 7) is 1.55. The third-order valence-corrected chi connectivity index (χ3v) is 3.77. The van der Waals surface area contributed by atoms with Crippen LogP contribution in [0.4, 0.5) is 0 Å². The molecule has 0 unspecified atom stereocenters. The summed E-state index contributed by atoms with van der Waals surface area (Å²) in [6.07, 6.45) is 0. The summed E-state index contributed by atoms with van der Waals surface area (Å²) in [6, 6.07) is 10.7. The Balaban J connectivity index is 1.48. The molecule has 1 aliphatic heterocycles. The highest BCUT2D eigenvalue weighted by atomic mass is 16.5. The summed E-state index contributed by atoms with van der Waals surface area (Å²) in [5.74, 6) is 1.09. The van der Waals surface area contributed by atoms with Gasteiger partial charge < -0.3 is 14.1 Å². The number of nitrogens with zero attached hydrogens (tertiary/aromatic N) is 2. The van der Waals surface area contributed by atoms with E-state index in [0.29, 0.717) is 17.7 Å². The maximum atomic E-state index is 12.2. The van der Waals surface area contributed by atoms with E-state index in [0.717, 1.165) is 18.1 Å². The number of carbonyl (C=O) groups is 2. The van der Waals surface area contributed by atoms with Gasteiger partial charge in [-0.05, 0) is 38.4 Å². The minimum Gasteiger partial charge on any atom is -0.462 e. The van der Waals surface area contributed by atoms with Gasteiger partial charge in [0, 0.05) is 0 Å². The Morgan fingerprint density at radius 1 is 1.00 bits per heavy atom. The molecule has 0 spiro atoms. The van der Waals surface area contributed by atoms with E-state index in [1.165, 1.54) is 4.90 Å². The van der Waals surface area contributed by atoms with Crippen LogP contribution in [0.1, 0.15) is 32.2 Å². The smallest absolute Gasteiger partial charge is 0.261 e. The molecule has 0 aliphatic carbocycles. The molecule has 0 radical (unpaired) electrons. The molecular formula is C18H20N2O4. The minimum absolute atomic E-state index is 0.234. The number of benzene rings is 1. The van der Waals surface area contributed by atoms with Crippen molar-refractivity contribution in [1.82, 2.24) is 9.80 Å². The van der Waals surface area contributed by atoms with Crippen LogP contribution in [-0.4, -0.2) is 48.9 Å². The highest BCUT2D eigenvalue weighted by molar-refractivity contribution is 6.21. The standard InChI is InChI=1S/C18H20N2O4/c1-19(2)11-13-7-8-14(24-13)12-23-10-9-20-17(21)15-5-3-4-6-16(15)18(20)22/h3-8H,9-12H2,1-2H3. The van der Waals surface area contributed by atoms with Crippen LogP contribution in [0.15, 0.2) is 40.8 Å². The number of hydrogen-bond acceptors (Lipinski definition) is 5. The van der Waals surface area contributed by atoms with Crippen molar-refractivity contribution < 1.29 is 18.7 Å². The predicted molar refractivity (Wildman–Crippen MR) is 87.6 cm³/mol. The van der Waals surface area contributed by atoms with Crippen LogP contribution in [0.25, 0.3) is 0 Å². The maximum absolute atomic E-state index is 12.2. The number of rotatable bonds is 7. The van der Waals surface area contributed by atoms with Crippen LogP contribution in [0, 0.1) is 0 Å². The van der Waals surface area contributed by atoms with E-state index < -0.39 is 0 Å². The molecule has 0 saturated heterocycles. The lowest BCUT2D eigenvalue weighted by Gasteiger charge is -2.13. The SMILES string of the molecule is CN(C)Cc1ccc(COCCN2C(=O)c3ccccc3C2=O)o1. The molecule has 0 N–H and O–H groups in total. The first-order valence-corrected chi connectivity index (χ1v) is 7.81. The van der Waals surface area contributed by atoms with E-state index in [2.05, 4.69) is 0 Å². The molecule has 0 atom stereocenters. The van der Waals surface area contributed by atoms with Crippen molar-refractivity contribution in [2.24, 2.45) is 0 Å². The molecule has 1 aromatic heterocycles. The van der Waals surface area contributed by atoms with Crippen LogP contribution in [0.5, 0.6) is 0 Å². The molecule has 6 heteroatoms. The number of fused-ring (bicyclic) bond motifs is 1. The average molecular weight is 328 g/mol. The minimum atomic E-state index is -0.259. The number of amides is 2. The van der Waals surface area contributed by atoms with E-state index in [1.54, 1.807) is 24.3 Å². The highest BCUT2D eigenvalue weighted by Crippen LogP contribution is 2.22. The van der Waals surface area contributed by atoms with Crippen LogP contribution >= 0.6 is 0 Å².